The molecule has 0 unspecified atom stereocenters. The van der Waals surface area contributed by atoms with Gasteiger partial charge in [0.1, 0.15) is 19.0 Å². The standard InChI is InChI=1S/C19H21FN2O2/c1-13-17-8-3-2-5-14(17)11-18(13)22-19(23)21-15-6-4-7-16(12-15)24-10-9-20/h2-8,12-13,18H,9-11H2,1H3,(H2,21,22,23)/t13-,18+/m0/s1. The van der Waals surface area contributed by atoms with Crippen molar-refractivity contribution in [2.24, 2.45) is 0 Å². The van der Waals surface area contributed by atoms with Crippen LogP contribution in [0.15, 0.2) is 48.5 Å². The zero-order valence-corrected chi connectivity index (χ0v) is 13.6. The number of hydrogen-bond donors (Lipinski definition) is 2. The Balaban J connectivity index is 1.59. The van der Waals surface area contributed by atoms with Gasteiger partial charge < -0.3 is 15.4 Å². The van der Waals surface area contributed by atoms with Gasteiger partial charge in [-0.3, -0.25) is 0 Å². The van der Waals surface area contributed by atoms with E-state index in [-0.39, 0.29) is 24.6 Å². The Labute approximate surface area is 141 Å². The highest BCUT2D eigenvalue weighted by Crippen LogP contribution is 2.32. The molecule has 1 aliphatic rings. The molecule has 3 rings (SSSR count). The van der Waals surface area contributed by atoms with Crippen molar-refractivity contribution in [1.82, 2.24) is 5.32 Å². The third-order valence-electron chi connectivity index (χ3n) is 4.34. The molecular weight excluding hydrogens is 307 g/mol. The Hall–Kier alpha value is -2.56. The summed E-state index contributed by atoms with van der Waals surface area (Å²) in [5.41, 5.74) is 3.20. The largest absolute Gasteiger partial charge is 0.491 e. The normalized spacial score (nSPS) is 18.8. The summed E-state index contributed by atoms with van der Waals surface area (Å²) >= 11 is 0. The summed E-state index contributed by atoms with van der Waals surface area (Å²) in [5.74, 6) is 0.818. The Bertz CT molecular complexity index is 720. The second kappa shape index (κ2) is 7.34. The monoisotopic (exact) mass is 328 g/mol. The van der Waals surface area contributed by atoms with E-state index in [9.17, 15) is 9.18 Å². The number of alkyl halides is 1. The van der Waals surface area contributed by atoms with Crippen LogP contribution in [0.5, 0.6) is 5.75 Å². The van der Waals surface area contributed by atoms with Gasteiger partial charge in [-0.25, -0.2) is 9.18 Å². The zero-order chi connectivity index (χ0) is 16.9. The van der Waals surface area contributed by atoms with E-state index >= 15 is 0 Å². The minimum Gasteiger partial charge on any atom is -0.491 e. The van der Waals surface area contributed by atoms with Crippen LogP contribution in [0.2, 0.25) is 0 Å². The lowest BCUT2D eigenvalue weighted by atomic mass is 10.0. The van der Waals surface area contributed by atoms with Crippen molar-refractivity contribution in [2.45, 2.75) is 25.3 Å². The summed E-state index contributed by atoms with van der Waals surface area (Å²) in [7, 11) is 0. The second-order valence-electron chi connectivity index (χ2n) is 5.96. The highest BCUT2D eigenvalue weighted by Gasteiger charge is 2.29. The van der Waals surface area contributed by atoms with E-state index in [1.165, 1.54) is 11.1 Å². The van der Waals surface area contributed by atoms with Crippen LogP contribution in [0.1, 0.15) is 24.0 Å². The molecule has 4 nitrogen and oxygen atoms in total. The van der Waals surface area contributed by atoms with Crippen molar-refractivity contribution in [2.75, 3.05) is 18.6 Å². The smallest absolute Gasteiger partial charge is 0.319 e. The number of benzene rings is 2. The highest BCUT2D eigenvalue weighted by atomic mass is 19.1. The first-order chi connectivity index (χ1) is 11.7. The fourth-order valence-electron chi connectivity index (χ4n) is 3.13. The van der Waals surface area contributed by atoms with Crippen molar-refractivity contribution in [3.05, 3.63) is 59.7 Å². The predicted octanol–water partition coefficient (Wildman–Crippen LogP) is 3.88. The lowest BCUT2D eigenvalue weighted by molar-refractivity contribution is 0.247. The average molecular weight is 328 g/mol. The molecule has 126 valence electrons. The van der Waals surface area contributed by atoms with E-state index in [4.69, 9.17) is 4.74 Å². The van der Waals surface area contributed by atoms with Crippen molar-refractivity contribution in [3.63, 3.8) is 0 Å². The van der Waals surface area contributed by atoms with Crippen LogP contribution in [-0.2, 0) is 6.42 Å². The molecule has 2 atom stereocenters. The number of hydrogen-bond acceptors (Lipinski definition) is 2. The van der Waals surface area contributed by atoms with Crippen LogP contribution in [0.4, 0.5) is 14.9 Å². The first-order valence-corrected chi connectivity index (χ1v) is 8.11. The number of rotatable bonds is 5. The van der Waals surface area contributed by atoms with Crippen molar-refractivity contribution in [1.29, 1.82) is 0 Å². The summed E-state index contributed by atoms with van der Waals surface area (Å²) < 4.78 is 17.4. The number of urea groups is 1. The maximum absolute atomic E-state index is 12.3. The molecular formula is C19H21FN2O2. The van der Waals surface area contributed by atoms with E-state index in [2.05, 4.69) is 29.7 Å². The van der Waals surface area contributed by atoms with Gasteiger partial charge in [-0.2, -0.15) is 0 Å². The number of anilines is 1. The Morgan fingerprint density at radius 1 is 1.25 bits per heavy atom. The fourth-order valence-corrected chi connectivity index (χ4v) is 3.13. The lowest BCUT2D eigenvalue weighted by Crippen LogP contribution is -2.39. The number of nitrogens with one attached hydrogen (secondary N) is 2. The summed E-state index contributed by atoms with van der Waals surface area (Å²) in [6.07, 6.45) is 0.838. The zero-order valence-electron chi connectivity index (χ0n) is 13.6. The van der Waals surface area contributed by atoms with Crippen molar-refractivity contribution < 1.29 is 13.9 Å². The Morgan fingerprint density at radius 2 is 2.08 bits per heavy atom. The van der Waals surface area contributed by atoms with E-state index in [1.54, 1.807) is 24.3 Å². The molecule has 0 heterocycles. The number of amides is 2. The molecule has 1 aliphatic carbocycles. The number of ether oxygens (including phenoxy) is 1. The maximum atomic E-state index is 12.3. The first kappa shape index (κ1) is 16.3. The quantitative estimate of drug-likeness (QED) is 0.875. The van der Waals surface area contributed by atoms with Gasteiger partial charge in [0, 0.05) is 23.7 Å². The molecule has 0 fully saturated rings. The van der Waals surface area contributed by atoms with Gasteiger partial charge in [0.2, 0.25) is 0 Å². The average Bonchev–Trinajstić information content (AvgIpc) is 2.89. The van der Waals surface area contributed by atoms with Gasteiger partial charge in [0.15, 0.2) is 0 Å². The molecule has 0 bridgehead atoms. The topological polar surface area (TPSA) is 50.4 Å². The van der Waals surface area contributed by atoms with E-state index in [0.717, 1.165) is 6.42 Å². The summed E-state index contributed by atoms with van der Waals surface area (Å²) in [4.78, 5) is 12.3. The Morgan fingerprint density at radius 3 is 2.88 bits per heavy atom. The number of halogens is 1. The van der Waals surface area contributed by atoms with Gasteiger partial charge >= 0.3 is 6.03 Å². The SMILES string of the molecule is C[C@H]1c2ccccc2C[C@H]1NC(=O)Nc1cccc(OCCF)c1. The summed E-state index contributed by atoms with van der Waals surface area (Å²) in [6.45, 7) is 1.59. The molecule has 0 saturated heterocycles. The predicted molar refractivity (Wildman–Crippen MR) is 92.4 cm³/mol. The fraction of sp³-hybridized carbons (Fsp3) is 0.316. The van der Waals surface area contributed by atoms with Crippen molar-refractivity contribution >= 4 is 11.7 Å². The van der Waals surface area contributed by atoms with Crippen LogP contribution in [0, 0.1) is 0 Å². The van der Waals surface area contributed by atoms with Crippen LogP contribution < -0.4 is 15.4 Å². The van der Waals surface area contributed by atoms with E-state index in [1.807, 2.05) is 12.1 Å². The molecule has 2 aromatic rings. The Kier molecular flexibility index (Phi) is 4.99. The van der Waals surface area contributed by atoms with Gasteiger partial charge in [0.25, 0.3) is 0 Å². The van der Waals surface area contributed by atoms with Crippen LogP contribution in [-0.4, -0.2) is 25.4 Å². The molecule has 0 saturated carbocycles. The van der Waals surface area contributed by atoms with E-state index < -0.39 is 6.67 Å². The van der Waals surface area contributed by atoms with Crippen LogP contribution >= 0.6 is 0 Å². The molecule has 0 spiro atoms. The minimum absolute atomic E-state index is 0.00744. The maximum Gasteiger partial charge on any atom is 0.319 e. The minimum atomic E-state index is -0.543. The molecule has 2 aromatic carbocycles. The van der Waals surface area contributed by atoms with Gasteiger partial charge in [-0.1, -0.05) is 37.3 Å². The van der Waals surface area contributed by atoms with Crippen LogP contribution in [0.3, 0.4) is 0 Å². The van der Waals surface area contributed by atoms with Gasteiger partial charge in [-0.15, -0.1) is 0 Å². The van der Waals surface area contributed by atoms with Gasteiger partial charge in [-0.05, 0) is 29.7 Å². The third-order valence-corrected chi connectivity index (χ3v) is 4.34. The molecule has 24 heavy (non-hydrogen) atoms. The summed E-state index contributed by atoms with van der Waals surface area (Å²) in [5, 5.41) is 5.84. The molecule has 0 aromatic heterocycles. The summed E-state index contributed by atoms with van der Waals surface area (Å²) in [6, 6.07) is 15.1. The molecule has 2 N–H and O–H groups in total. The molecule has 0 radical (unpaired) electrons. The first-order valence-electron chi connectivity index (χ1n) is 8.11. The highest BCUT2D eigenvalue weighted by molar-refractivity contribution is 5.89. The lowest BCUT2D eigenvalue weighted by Gasteiger charge is -2.18. The van der Waals surface area contributed by atoms with E-state index in [0.29, 0.717) is 11.4 Å². The molecule has 0 aliphatic heterocycles. The number of carbonyl (C=O) groups is 1. The number of fused-ring (bicyclic) bond motifs is 1. The number of carbonyl (C=O) groups excluding carboxylic acids is 1. The molecule has 5 heteroatoms. The molecule has 2 amide bonds. The van der Waals surface area contributed by atoms with Gasteiger partial charge in [0.05, 0.1) is 0 Å². The van der Waals surface area contributed by atoms with Crippen LogP contribution in [0.25, 0.3) is 0 Å². The second-order valence-corrected chi connectivity index (χ2v) is 5.96. The third kappa shape index (κ3) is 3.67. The van der Waals surface area contributed by atoms with Crippen molar-refractivity contribution in [3.8, 4) is 5.75 Å².